The molecule has 0 aliphatic heterocycles. The molecule has 0 aromatic heterocycles. The molecule has 2 unspecified atom stereocenters. The molecule has 1 saturated carbocycles. The maximum Gasteiger partial charge on any atom is 0.233 e. The predicted octanol–water partition coefficient (Wildman–Crippen LogP) is 2.87. The minimum Gasteiger partial charge on any atom is -0.392 e. The largest absolute Gasteiger partial charge is 0.392 e. The number of thiocarbonyl (C=S) groups is 1. The smallest absolute Gasteiger partial charge is 0.233 e. The van der Waals surface area contributed by atoms with Gasteiger partial charge in [-0.25, -0.2) is 0 Å². The first kappa shape index (κ1) is 16.8. The van der Waals surface area contributed by atoms with Crippen LogP contribution in [0.1, 0.15) is 52.9 Å². The van der Waals surface area contributed by atoms with Crippen LogP contribution >= 0.6 is 24.0 Å². The Morgan fingerprint density at radius 2 is 2.00 bits per heavy atom. The molecule has 1 aliphatic carbocycles. The zero-order valence-corrected chi connectivity index (χ0v) is 13.8. The number of amides is 1. The predicted molar refractivity (Wildman–Crippen MR) is 87.5 cm³/mol. The number of rotatable bonds is 7. The normalized spacial score (nSPS) is 23.3. The van der Waals surface area contributed by atoms with E-state index < -0.39 is 5.41 Å². The van der Waals surface area contributed by atoms with Gasteiger partial charge in [-0.05, 0) is 31.4 Å². The highest BCUT2D eigenvalue weighted by Gasteiger charge is 2.40. The zero-order chi connectivity index (χ0) is 14.5. The highest BCUT2D eigenvalue weighted by Crippen LogP contribution is 2.32. The molecule has 0 aromatic carbocycles. The summed E-state index contributed by atoms with van der Waals surface area (Å²) in [5.41, 5.74) is 5.16. The van der Waals surface area contributed by atoms with Gasteiger partial charge in [-0.1, -0.05) is 39.4 Å². The number of carbonyl (C=O) groups is 1. The molecule has 0 heterocycles. The molecule has 0 bridgehead atoms. The number of nitrogens with one attached hydrogen (secondary N) is 1. The molecule has 5 heteroatoms. The van der Waals surface area contributed by atoms with E-state index in [0.29, 0.717) is 23.1 Å². The fraction of sp³-hybridized carbons (Fsp3) is 0.857. The molecule has 3 N–H and O–H groups in total. The van der Waals surface area contributed by atoms with E-state index in [1.165, 1.54) is 12.8 Å². The number of carbonyl (C=O) groups excluding carboxylic acids is 1. The van der Waals surface area contributed by atoms with Gasteiger partial charge in [0.15, 0.2) is 0 Å². The van der Waals surface area contributed by atoms with Crippen molar-refractivity contribution in [3.05, 3.63) is 0 Å². The lowest BCUT2D eigenvalue weighted by Gasteiger charge is -2.31. The first-order chi connectivity index (χ1) is 9.01. The Kier molecular flexibility index (Phi) is 6.60. The molecular formula is C14H26N2OS2. The van der Waals surface area contributed by atoms with Gasteiger partial charge in [0.25, 0.3) is 0 Å². The third-order valence-electron chi connectivity index (χ3n) is 4.26. The van der Waals surface area contributed by atoms with Crippen molar-refractivity contribution in [3.63, 3.8) is 0 Å². The molecule has 19 heavy (non-hydrogen) atoms. The van der Waals surface area contributed by atoms with Crippen molar-refractivity contribution in [1.82, 2.24) is 5.32 Å². The zero-order valence-electron chi connectivity index (χ0n) is 12.2. The van der Waals surface area contributed by atoms with Crippen LogP contribution in [-0.2, 0) is 4.79 Å². The van der Waals surface area contributed by atoms with Gasteiger partial charge in [0.1, 0.15) is 0 Å². The summed E-state index contributed by atoms with van der Waals surface area (Å²) in [4.78, 5) is 12.9. The second-order valence-electron chi connectivity index (χ2n) is 5.16. The van der Waals surface area contributed by atoms with Crippen LogP contribution < -0.4 is 11.1 Å². The summed E-state index contributed by atoms with van der Waals surface area (Å²) in [6.45, 7) is 6.13. The standard InChI is InChI=1S/C14H26N2OS2/c1-4-14(5-2,12(15)18)13(17)16-10-8-7-9-11(10)19-6-3/h10-11H,4-9H2,1-3H3,(H2,15,18)(H,16,17). The third kappa shape index (κ3) is 3.63. The van der Waals surface area contributed by atoms with Crippen LogP contribution in [0.5, 0.6) is 0 Å². The molecule has 0 spiro atoms. The van der Waals surface area contributed by atoms with Crippen LogP contribution in [-0.4, -0.2) is 27.9 Å². The van der Waals surface area contributed by atoms with Gasteiger partial charge < -0.3 is 11.1 Å². The Morgan fingerprint density at radius 3 is 2.47 bits per heavy atom. The monoisotopic (exact) mass is 302 g/mol. The Balaban J connectivity index is 2.74. The lowest BCUT2D eigenvalue weighted by molar-refractivity contribution is -0.128. The highest BCUT2D eigenvalue weighted by molar-refractivity contribution is 7.99. The molecule has 110 valence electrons. The molecule has 1 rings (SSSR count). The van der Waals surface area contributed by atoms with E-state index in [1.54, 1.807) is 0 Å². The van der Waals surface area contributed by atoms with Gasteiger partial charge in [-0.2, -0.15) is 11.8 Å². The number of hydrogen-bond acceptors (Lipinski definition) is 3. The van der Waals surface area contributed by atoms with E-state index in [2.05, 4.69) is 12.2 Å². The molecule has 1 aliphatic rings. The summed E-state index contributed by atoms with van der Waals surface area (Å²) >= 11 is 7.08. The summed E-state index contributed by atoms with van der Waals surface area (Å²) in [5, 5.41) is 3.76. The van der Waals surface area contributed by atoms with Crippen molar-refractivity contribution in [2.75, 3.05) is 5.75 Å². The van der Waals surface area contributed by atoms with E-state index in [9.17, 15) is 4.79 Å². The molecular weight excluding hydrogens is 276 g/mol. The van der Waals surface area contributed by atoms with Gasteiger partial charge in [-0.3, -0.25) is 4.79 Å². The van der Waals surface area contributed by atoms with Gasteiger partial charge >= 0.3 is 0 Å². The molecule has 0 radical (unpaired) electrons. The first-order valence-corrected chi connectivity index (χ1v) is 8.70. The Labute approximate surface area is 126 Å². The summed E-state index contributed by atoms with van der Waals surface area (Å²) in [7, 11) is 0. The van der Waals surface area contributed by atoms with E-state index >= 15 is 0 Å². The maximum absolute atomic E-state index is 12.6. The van der Waals surface area contributed by atoms with E-state index in [4.69, 9.17) is 18.0 Å². The molecule has 0 aromatic rings. The summed E-state index contributed by atoms with van der Waals surface area (Å²) in [6.07, 6.45) is 4.80. The highest BCUT2D eigenvalue weighted by atomic mass is 32.2. The van der Waals surface area contributed by atoms with E-state index in [-0.39, 0.29) is 11.9 Å². The number of thioether (sulfide) groups is 1. The fourth-order valence-electron chi connectivity index (χ4n) is 2.84. The number of hydrogen-bond donors (Lipinski definition) is 2. The first-order valence-electron chi connectivity index (χ1n) is 7.24. The van der Waals surface area contributed by atoms with Crippen LogP contribution in [0.25, 0.3) is 0 Å². The topological polar surface area (TPSA) is 55.1 Å². The third-order valence-corrected chi connectivity index (χ3v) is 5.98. The minimum atomic E-state index is -0.667. The van der Waals surface area contributed by atoms with Crippen molar-refractivity contribution in [3.8, 4) is 0 Å². The van der Waals surface area contributed by atoms with Crippen molar-refractivity contribution >= 4 is 34.9 Å². The fourth-order valence-corrected chi connectivity index (χ4v) is 4.42. The summed E-state index contributed by atoms with van der Waals surface area (Å²) in [5.74, 6) is 1.12. The maximum atomic E-state index is 12.6. The average Bonchev–Trinajstić information content (AvgIpc) is 2.79. The van der Waals surface area contributed by atoms with Gasteiger partial charge in [0.2, 0.25) is 5.91 Å². The molecule has 1 fully saturated rings. The Hall–Kier alpha value is -0.290. The summed E-state index contributed by atoms with van der Waals surface area (Å²) in [6, 6.07) is 0.282. The Bertz CT molecular complexity index is 329. The van der Waals surface area contributed by atoms with Crippen molar-refractivity contribution in [2.45, 2.75) is 64.2 Å². The van der Waals surface area contributed by atoms with Gasteiger partial charge in [0.05, 0.1) is 10.4 Å². The number of nitrogens with two attached hydrogens (primary N) is 1. The minimum absolute atomic E-state index is 0.0265. The second kappa shape index (κ2) is 7.48. The van der Waals surface area contributed by atoms with E-state index in [1.807, 2.05) is 25.6 Å². The second-order valence-corrected chi connectivity index (χ2v) is 7.11. The van der Waals surface area contributed by atoms with Crippen LogP contribution in [0, 0.1) is 5.41 Å². The molecule has 0 saturated heterocycles. The van der Waals surface area contributed by atoms with Crippen LogP contribution in [0.3, 0.4) is 0 Å². The lowest BCUT2D eigenvalue weighted by Crippen LogP contribution is -2.52. The van der Waals surface area contributed by atoms with Crippen molar-refractivity contribution in [1.29, 1.82) is 0 Å². The molecule has 2 atom stereocenters. The van der Waals surface area contributed by atoms with Crippen molar-refractivity contribution in [2.24, 2.45) is 11.1 Å². The van der Waals surface area contributed by atoms with Crippen LogP contribution in [0.4, 0.5) is 0 Å². The van der Waals surface area contributed by atoms with Gasteiger partial charge in [-0.15, -0.1) is 0 Å². The van der Waals surface area contributed by atoms with E-state index in [0.717, 1.165) is 12.2 Å². The van der Waals surface area contributed by atoms with Crippen LogP contribution in [0.15, 0.2) is 0 Å². The lowest BCUT2D eigenvalue weighted by atomic mass is 9.81. The van der Waals surface area contributed by atoms with Gasteiger partial charge in [0, 0.05) is 11.3 Å². The van der Waals surface area contributed by atoms with Crippen molar-refractivity contribution < 1.29 is 4.79 Å². The molecule has 1 amide bonds. The SMILES string of the molecule is CCSC1CCCC1NC(=O)C(CC)(CC)C(N)=S. The summed E-state index contributed by atoms with van der Waals surface area (Å²) < 4.78 is 0. The Morgan fingerprint density at radius 1 is 1.37 bits per heavy atom. The molecule has 3 nitrogen and oxygen atoms in total. The average molecular weight is 303 g/mol. The quantitative estimate of drug-likeness (QED) is 0.710. The van der Waals surface area contributed by atoms with Crippen LogP contribution in [0.2, 0.25) is 0 Å².